The summed E-state index contributed by atoms with van der Waals surface area (Å²) >= 11 is 2.05. The molecule has 1 rings (SSSR count). The van der Waals surface area contributed by atoms with Crippen molar-refractivity contribution < 1.29 is 64.3 Å². The van der Waals surface area contributed by atoms with Crippen LogP contribution in [0.15, 0.2) is 6.07 Å². The summed E-state index contributed by atoms with van der Waals surface area (Å²) in [6.07, 6.45) is -0.818. The zero-order chi connectivity index (χ0) is 12.5. The summed E-state index contributed by atoms with van der Waals surface area (Å²) in [5, 5.41) is 0. The molecule has 0 saturated heterocycles. The molecular formula is C10H13BF3IKN. The van der Waals surface area contributed by atoms with Gasteiger partial charge >= 0.3 is 58.4 Å². The second-order valence-corrected chi connectivity index (χ2v) is 5.03. The minimum Gasteiger partial charge on any atom is -0.449 e. The van der Waals surface area contributed by atoms with Gasteiger partial charge in [0.2, 0.25) is 0 Å². The Balaban J connectivity index is 0.00000256. The van der Waals surface area contributed by atoms with E-state index in [1.807, 2.05) is 6.07 Å². The van der Waals surface area contributed by atoms with Crippen LogP contribution in [0.5, 0.6) is 0 Å². The molecule has 0 spiro atoms. The van der Waals surface area contributed by atoms with Crippen molar-refractivity contribution in [2.75, 3.05) is 0 Å². The van der Waals surface area contributed by atoms with Crippen LogP contribution in [-0.2, 0) is 12.9 Å². The Kier molecular flexibility index (Phi) is 7.85. The zero-order valence-electron chi connectivity index (χ0n) is 10.2. The smallest absolute Gasteiger partial charge is 0.449 e. The Hall–Kier alpha value is 1.40. The van der Waals surface area contributed by atoms with Gasteiger partial charge < -0.3 is 18.7 Å². The number of nitrogens with two attached hydrogens (primary N) is 1. The first kappa shape index (κ1) is 18.4. The van der Waals surface area contributed by atoms with Gasteiger partial charge in [0.05, 0.1) is 0 Å². The van der Waals surface area contributed by atoms with E-state index in [9.17, 15) is 12.9 Å². The number of hydrogen-bond acceptors (Lipinski definition) is 1. The van der Waals surface area contributed by atoms with Gasteiger partial charge in [-0.25, -0.2) is 0 Å². The first-order valence-corrected chi connectivity index (χ1v) is 6.02. The van der Waals surface area contributed by atoms with Crippen LogP contribution in [0, 0.1) is 17.4 Å². The van der Waals surface area contributed by atoms with E-state index in [1.54, 1.807) is 13.8 Å². The summed E-state index contributed by atoms with van der Waals surface area (Å²) in [5.74, 6) is 0. The molecule has 0 bridgehead atoms. The van der Waals surface area contributed by atoms with Gasteiger partial charge in [0, 0.05) is 10.1 Å². The molecule has 0 aliphatic rings. The topological polar surface area (TPSA) is 26.0 Å². The fraction of sp³-hybridized carbons (Fsp3) is 0.400. The molecule has 0 aromatic heterocycles. The van der Waals surface area contributed by atoms with E-state index in [0.717, 1.165) is 14.7 Å². The summed E-state index contributed by atoms with van der Waals surface area (Å²) in [4.78, 5) is 0. The number of rotatable bonds is 3. The average molecular weight is 381 g/mol. The maximum absolute atomic E-state index is 12.5. The van der Waals surface area contributed by atoms with E-state index in [0.29, 0.717) is 11.1 Å². The third-order valence-corrected chi connectivity index (χ3v) is 3.82. The molecule has 1 aromatic rings. The van der Waals surface area contributed by atoms with Gasteiger partial charge in [0.25, 0.3) is 0 Å². The number of benzene rings is 1. The molecule has 0 radical (unpaired) electrons. The van der Waals surface area contributed by atoms with E-state index in [4.69, 9.17) is 5.73 Å². The standard InChI is InChI=1S/C10H13BF3IN.K/c1-6-8(5-16)3-10(15)7(2)9(6)4-11(12,13)14;/h3H,4-5,16H2,1-2H3;/q-1;+1. The molecular weight excluding hydrogens is 368 g/mol. The van der Waals surface area contributed by atoms with Gasteiger partial charge in [0.15, 0.2) is 0 Å². The molecule has 1 nitrogen and oxygen atoms in total. The SMILES string of the molecule is Cc1c(I)cc(CN)c(C)c1C[B-](F)(F)F.[K+]. The Bertz CT molecular complexity index is 410. The molecule has 0 fully saturated rings. The number of halogens is 4. The zero-order valence-corrected chi connectivity index (χ0v) is 15.4. The summed E-state index contributed by atoms with van der Waals surface area (Å²) < 4.78 is 38.3. The Morgan fingerprint density at radius 3 is 2.18 bits per heavy atom. The third-order valence-electron chi connectivity index (χ3n) is 2.70. The Morgan fingerprint density at radius 2 is 1.76 bits per heavy atom. The Morgan fingerprint density at radius 1 is 1.24 bits per heavy atom. The molecule has 90 valence electrons. The fourth-order valence-corrected chi connectivity index (χ4v) is 2.44. The largest absolute Gasteiger partial charge is 1.00 e. The maximum Gasteiger partial charge on any atom is 1.00 e. The quantitative estimate of drug-likeness (QED) is 0.592. The molecule has 0 heterocycles. The van der Waals surface area contributed by atoms with Crippen molar-refractivity contribution in [1.29, 1.82) is 0 Å². The van der Waals surface area contributed by atoms with Crippen molar-refractivity contribution in [3.63, 3.8) is 0 Å². The first-order valence-electron chi connectivity index (χ1n) is 4.94. The van der Waals surface area contributed by atoms with Crippen LogP contribution in [-0.4, -0.2) is 6.98 Å². The van der Waals surface area contributed by atoms with Gasteiger partial charge in [-0.05, 0) is 59.2 Å². The molecule has 17 heavy (non-hydrogen) atoms. The van der Waals surface area contributed by atoms with Crippen LogP contribution in [0.25, 0.3) is 0 Å². The van der Waals surface area contributed by atoms with Crippen molar-refractivity contribution in [3.8, 4) is 0 Å². The molecule has 0 atom stereocenters. The minimum absolute atomic E-state index is 0. The van der Waals surface area contributed by atoms with Gasteiger partial charge in [-0.3, -0.25) is 0 Å². The van der Waals surface area contributed by atoms with Crippen LogP contribution >= 0.6 is 22.6 Å². The molecule has 0 amide bonds. The number of hydrogen-bond donors (Lipinski definition) is 1. The van der Waals surface area contributed by atoms with Crippen molar-refractivity contribution in [3.05, 3.63) is 31.9 Å². The third kappa shape index (κ3) is 5.12. The van der Waals surface area contributed by atoms with Gasteiger partial charge in [-0.15, -0.1) is 0 Å². The van der Waals surface area contributed by atoms with E-state index in [-0.39, 0.29) is 57.9 Å². The first-order chi connectivity index (χ1) is 7.26. The summed E-state index contributed by atoms with van der Waals surface area (Å²) in [6.45, 7) is -1.08. The van der Waals surface area contributed by atoms with Crippen LogP contribution in [0.1, 0.15) is 22.3 Å². The molecule has 0 unspecified atom stereocenters. The predicted octanol–water partition coefficient (Wildman–Crippen LogP) is 0.300. The van der Waals surface area contributed by atoms with Crippen LogP contribution in [0.3, 0.4) is 0 Å². The summed E-state index contributed by atoms with van der Waals surface area (Å²) in [6, 6.07) is 1.86. The van der Waals surface area contributed by atoms with Crippen molar-refractivity contribution in [2.45, 2.75) is 26.7 Å². The Labute approximate surface area is 156 Å². The second kappa shape index (κ2) is 7.25. The predicted molar refractivity (Wildman–Crippen MR) is 69.3 cm³/mol. The van der Waals surface area contributed by atoms with Gasteiger partial charge in [0.1, 0.15) is 0 Å². The fourth-order valence-electron chi connectivity index (χ4n) is 1.74. The summed E-state index contributed by atoms with van der Waals surface area (Å²) in [7, 11) is 0. The van der Waals surface area contributed by atoms with Crippen molar-refractivity contribution in [2.24, 2.45) is 5.73 Å². The van der Waals surface area contributed by atoms with Crippen LogP contribution in [0.2, 0.25) is 0 Å². The van der Waals surface area contributed by atoms with E-state index >= 15 is 0 Å². The minimum atomic E-state index is -4.80. The van der Waals surface area contributed by atoms with Crippen molar-refractivity contribution >= 4 is 29.6 Å². The second-order valence-electron chi connectivity index (χ2n) is 3.86. The molecule has 0 aliphatic carbocycles. The summed E-state index contributed by atoms with van der Waals surface area (Å²) in [5.41, 5.74) is 8.11. The van der Waals surface area contributed by atoms with E-state index in [1.165, 1.54) is 0 Å². The molecule has 0 saturated carbocycles. The van der Waals surface area contributed by atoms with Crippen LogP contribution in [0.4, 0.5) is 12.9 Å². The maximum atomic E-state index is 12.5. The molecule has 0 aliphatic heterocycles. The monoisotopic (exact) mass is 381 g/mol. The van der Waals surface area contributed by atoms with Gasteiger partial charge in [-0.2, -0.15) is 0 Å². The molecule has 2 N–H and O–H groups in total. The average Bonchev–Trinajstić information content (AvgIpc) is 2.17. The van der Waals surface area contributed by atoms with Crippen molar-refractivity contribution in [1.82, 2.24) is 0 Å². The molecule has 1 aromatic carbocycles. The molecule has 7 heteroatoms. The van der Waals surface area contributed by atoms with E-state index < -0.39 is 13.3 Å². The van der Waals surface area contributed by atoms with Gasteiger partial charge in [-0.1, -0.05) is 11.9 Å². The van der Waals surface area contributed by atoms with Crippen LogP contribution < -0.4 is 57.1 Å². The normalized spacial score (nSPS) is 11.2. The van der Waals surface area contributed by atoms with E-state index in [2.05, 4.69) is 22.6 Å².